The Hall–Kier alpha value is -0.0700. The lowest BCUT2D eigenvalue weighted by Gasteiger charge is -1.97. The number of rotatable bonds is 7. The monoisotopic (exact) mass is 162 g/mol. The van der Waals surface area contributed by atoms with E-state index in [0.717, 1.165) is 0 Å². The van der Waals surface area contributed by atoms with Gasteiger partial charge in [0.15, 0.2) is 0 Å². The minimum absolute atomic E-state index is 0. The van der Waals surface area contributed by atoms with Crippen molar-refractivity contribution in [2.45, 2.75) is 65.2 Å². The topological polar surface area (TPSA) is 0 Å². The fraction of sp³-hybridized carbons (Fsp3) is 1.00. The Morgan fingerprint density at radius 1 is 0.545 bits per heavy atom. The zero-order chi connectivity index (χ0) is 7.66. The van der Waals surface area contributed by atoms with Crippen molar-refractivity contribution in [2.24, 2.45) is 0 Å². The first-order valence-electron chi connectivity index (χ1n) is 4.91. The van der Waals surface area contributed by atoms with E-state index in [9.17, 15) is 0 Å². The highest BCUT2D eigenvalue weighted by molar-refractivity contribution is 4.43. The molecule has 0 aromatic rings. The van der Waals surface area contributed by atoms with Crippen molar-refractivity contribution in [3.63, 3.8) is 0 Å². The van der Waals surface area contributed by atoms with Crippen LogP contribution in [0.3, 0.4) is 0 Å². The average molecular weight is 162 g/mol. The molecule has 0 rings (SSSR count). The molecular formula is C10H23F. The average Bonchev–Trinajstić information content (AvgIpc) is 1.97. The number of hydrogen-bond donors (Lipinski definition) is 0. The molecule has 0 heterocycles. The predicted molar refractivity (Wildman–Crippen MR) is 50.8 cm³/mol. The zero-order valence-corrected chi connectivity index (χ0v) is 8.07. The van der Waals surface area contributed by atoms with E-state index in [1.54, 1.807) is 0 Å². The summed E-state index contributed by atoms with van der Waals surface area (Å²) in [5.41, 5.74) is 0. The normalized spacial score (nSPS) is 9.27. The third-order valence-corrected chi connectivity index (χ3v) is 1.96. The SMILES string of the molecule is CCCCCCCCCC.F. The minimum Gasteiger partial charge on any atom is -0.269 e. The van der Waals surface area contributed by atoms with Crippen LogP contribution in [0.15, 0.2) is 0 Å². The van der Waals surface area contributed by atoms with E-state index in [-0.39, 0.29) is 4.70 Å². The summed E-state index contributed by atoms with van der Waals surface area (Å²) in [6.45, 7) is 4.54. The van der Waals surface area contributed by atoms with Crippen LogP contribution in [0.5, 0.6) is 0 Å². The first kappa shape index (κ1) is 13.5. The van der Waals surface area contributed by atoms with Crippen LogP contribution in [-0.4, -0.2) is 0 Å². The van der Waals surface area contributed by atoms with E-state index in [4.69, 9.17) is 0 Å². The molecule has 0 spiro atoms. The fourth-order valence-electron chi connectivity index (χ4n) is 1.21. The van der Waals surface area contributed by atoms with Crippen molar-refractivity contribution in [1.82, 2.24) is 0 Å². The van der Waals surface area contributed by atoms with Gasteiger partial charge in [-0.15, -0.1) is 0 Å². The first-order valence-corrected chi connectivity index (χ1v) is 4.91. The minimum atomic E-state index is 0. The van der Waals surface area contributed by atoms with Crippen LogP contribution in [0.2, 0.25) is 0 Å². The molecule has 0 nitrogen and oxygen atoms in total. The van der Waals surface area contributed by atoms with Gasteiger partial charge < -0.3 is 0 Å². The van der Waals surface area contributed by atoms with Gasteiger partial charge in [-0.3, -0.25) is 4.70 Å². The highest BCUT2D eigenvalue weighted by Gasteiger charge is 1.87. The van der Waals surface area contributed by atoms with Crippen LogP contribution in [0, 0.1) is 0 Å². The molecule has 0 aliphatic carbocycles. The molecule has 0 radical (unpaired) electrons. The van der Waals surface area contributed by atoms with Gasteiger partial charge in [0, 0.05) is 0 Å². The summed E-state index contributed by atoms with van der Waals surface area (Å²) in [7, 11) is 0. The van der Waals surface area contributed by atoms with Crippen molar-refractivity contribution in [3.05, 3.63) is 0 Å². The lowest BCUT2D eigenvalue weighted by Crippen LogP contribution is -1.77. The molecule has 0 N–H and O–H groups in total. The lowest BCUT2D eigenvalue weighted by molar-refractivity contribution is 0.585. The quantitative estimate of drug-likeness (QED) is 0.490. The van der Waals surface area contributed by atoms with Crippen LogP contribution < -0.4 is 0 Å². The van der Waals surface area contributed by atoms with Gasteiger partial charge in [0.25, 0.3) is 0 Å². The number of halogens is 1. The van der Waals surface area contributed by atoms with Gasteiger partial charge in [0.1, 0.15) is 0 Å². The maximum atomic E-state index is 2.27. The largest absolute Gasteiger partial charge is 0.269 e. The Balaban J connectivity index is 0. The van der Waals surface area contributed by atoms with Crippen LogP contribution >= 0.6 is 0 Å². The summed E-state index contributed by atoms with van der Waals surface area (Å²) < 4.78 is 0. The van der Waals surface area contributed by atoms with Crippen LogP contribution in [0.25, 0.3) is 0 Å². The highest BCUT2D eigenvalue weighted by Crippen LogP contribution is 2.07. The number of hydrogen-bond acceptors (Lipinski definition) is 0. The summed E-state index contributed by atoms with van der Waals surface area (Å²) in [6.07, 6.45) is 11.5. The molecule has 0 unspecified atom stereocenters. The Bertz CT molecular complexity index is 44.8. The molecule has 0 aromatic heterocycles. The first-order chi connectivity index (χ1) is 4.91. The molecule has 0 fully saturated rings. The van der Waals surface area contributed by atoms with Crippen LogP contribution in [0.1, 0.15) is 65.2 Å². The summed E-state index contributed by atoms with van der Waals surface area (Å²) in [6, 6.07) is 0. The molecule has 0 saturated heterocycles. The highest BCUT2D eigenvalue weighted by atomic mass is 19.0. The molecule has 0 atom stereocenters. The van der Waals surface area contributed by atoms with E-state index in [1.165, 1.54) is 51.4 Å². The van der Waals surface area contributed by atoms with E-state index < -0.39 is 0 Å². The van der Waals surface area contributed by atoms with Gasteiger partial charge in [-0.1, -0.05) is 65.2 Å². The second-order valence-electron chi connectivity index (χ2n) is 3.12. The molecule has 1 heteroatoms. The van der Waals surface area contributed by atoms with Gasteiger partial charge in [-0.2, -0.15) is 0 Å². The van der Waals surface area contributed by atoms with Crippen LogP contribution in [-0.2, 0) is 0 Å². The summed E-state index contributed by atoms with van der Waals surface area (Å²) in [5, 5.41) is 0. The predicted octanol–water partition coefficient (Wildman–Crippen LogP) is 4.30. The van der Waals surface area contributed by atoms with E-state index in [1.807, 2.05) is 0 Å². The fourth-order valence-corrected chi connectivity index (χ4v) is 1.21. The molecule has 0 aliphatic heterocycles. The third kappa shape index (κ3) is 13.0. The van der Waals surface area contributed by atoms with Crippen molar-refractivity contribution in [2.75, 3.05) is 0 Å². The summed E-state index contributed by atoms with van der Waals surface area (Å²) >= 11 is 0. The third-order valence-electron chi connectivity index (χ3n) is 1.96. The zero-order valence-electron chi connectivity index (χ0n) is 8.07. The van der Waals surface area contributed by atoms with Crippen LogP contribution in [0.4, 0.5) is 4.70 Å². The Kier molecular flexibility index (Phi) is 15.5. The molecule has 0 saturated carbocycles. The van der Waals surface area contributed by atoms with Gasteiger partial charge in [-0.05, 0) is 0 Å². The molecular weight excluding hydrogens is 139 g/mol. The molecule has 70 valence electrons. The second kappa shape index (κ2) is 12.6. The van der Waals surface area contributed by atoms with Gasteiger partial charge in [0.05, 0.1) is 0 Å². The Morgan fingerprint density at radius 2 is 0.818 bits per heavy atom. The number of unbranched alkanes of at least 4 members (excludes halogenated alkanes) is 7. The Morgan fingerprint density at radius 3 is 1.09 bits per heavy atom. The van der Waals surface area contributed by atoms with E-state index in [0.29, 0.717) is 0 Å². The van der Waals surface area contributed by atoms with E-state index in [2.05, 4.69) is 13.8 Å². The molecule has 11 heavy (non-hydrogen) atoms. The lowest BCUT2D eigenvalue weighted by atomic mass is 10.1. The maximum Gasteiger partial charge on any atom is -0.0533 e. The maximum absolute atomic E-state index is 2.27. The summed E-state index contributed by atoms with van der Waals surface area (Å²) in [4.78, 5) is 0. The van der Waals surface area contributed by atoms with Gasteiger partial charge >= 0.3 is 0 Å². The summed E-state index contributed by atoms with van der Waals surface area (Å²) in [5.74, 6) is 0. The molecule has 0 aromatic carbocycles. The van der Waals surface area contributed by atoms with Gasteiger partial charge in [-0.25, -0.2) is 0 Å². The van der Waals surface area contributed by atoms with Crippen molar-refractivity contribution in [1.29, 1.82) is 0 Å². The van der Waals surface area contributed by atoms with E-state index >= 15 is 0 Å². The second-order valence-corrected chi connectivity index (χ2v) is 3.12. The van der Waals surface area contributed by atoms with Gasteiger partial charge in [0.2, 0.25) is 0 Å². The van der Waals surface area contributed by atoms with Crippen molar-refractivity contribution in [3.8, 4) is 0 Å². The molecule has 0 aliphatic rings. The van der Waals surface area contributed by atoms with Crippen molar-refractivity contribution < 1.29 is 4.70 Å². The van der Waals surface area contributed by atoms with Crippen molar-refractivity contribution >= 4 is 0 Å². The standard InChI is InChI=1S/C10H22.FH/c1-3-5-7-9-10-8-6-4-2;/h3-10H2,1-2H3;1H. The molecule has 0 bridgehead atoms. The Labute approximate surface area is 70.8 Å². The molecule has 0 amide bonds. The smallest absolute Gasteiger partial charge is 0.0533 e.